The Bertz CT molecular complexity index is 1030. The van der Waals surface area contributed by atoms with E-state index in [2.05, 4.69) is 9.97 Å². The molecular formula is C14H8N2O2S5. The first-order valence-corrected chi connectivity index (χ1v) is 12.2. The van der Waals surface area contributed by atoms with Crippen molar-refractivity contribution in [1.82, 2.24) is 9.97 Å². The number of hydrogen-bond acceptors (Lipinski definition) is 8. The molecule has 2 aromatic heterocycles. The summed E-state index contributed by atoms with van der Waals surface area (Å²) in [5.74, 6) is 0. The van der Waals surface area contributed by atoms with E-state index < -0.39 is 8.87 Å². The van der Waals surface area contributed by atoms with E-state index in [1.54, 1.807) is 0 Å². The summed E-state index contributed by atoms with van der Waals surface area (Å²) in [6, 6.07) is 15.2. The minimum atomic E-state index is -3.50. The van der Waals surface area contributed by atoms with E-state index in [4.69, 9.17) is 0 Å². The number of nitrogens with zero attached hydrogens (tertiary/aromatic N) is 2. The highest BCUT2D eigenvalue weighted by molar-refractivity contribution is 9.07. The van der Waals surface area contributed by atoms with Gasteiger partial charge in [-0.3, -0.25) is 0 Å². The van der Waals surface area contributed by atoms with Gasteiger partial charge in [-0.25, -0.2) is 18.4 Å². The molecule has 0 amide bonds. The lowest BCUT2D eigenvalue weighted by Crippen LogP contribution is -1.91. The van der Waals surface area contributed by atoms with Crippen LogP contribution in [0.1, 0.15) is 0 Å². The van der Waals surface area contributed by atoms with Crippen LogP contribution in [0.25, 0.3) is 20.4 Å². The first kappa shape index (κ1) is 15.4. The third kappa shape index (κ3) is 3.11. The monoisotopic (exact) mass is 396 g/mol. The van der Waals surface area contributed by atoms with E-state index in [1.807, 2.05) is 48.5 Å². The minimum Gasteiger partial charge on any atom is -0.229 e. The molecule has 0 aliphatic rings. The van der Waals surface area contributed by atoms with E-state index >= 15 is 0 Å². The normalized spacial score (nSPS) is 12.2. The van der Waals surface area contributed by atoms with Gasteiger partial charge in [0.2, 0.25) is 4.34 Å². The smallest absolute Gasteiger partial charge is 0.229 e. The average Bonchev–Trinajstić information content (AvgIpc) is 3.16. The Labute approximate surface area is 147 Å². The van der Waals surface area contributed by atoms with Crippen molar-refractivity contribution in [3.05, 3.63) is 48.5 Å². The predicted octanol–water partition coefficient (Wildman–Crippen LogP) is 5.04. The molecule has 116 valence electrons. The number of para-hydroxylation sites is 2. The molecule has 4 nitrogen and oxygen atoms in total. The molecular weight excluding hydrogens is 389 g/mol. The maximum absolute atomic E-state index is 12.5. The van der Waals surface area contributed by atoms with Crippen molar-refractivity contribution in [3.63, 3.8) is 0 Å². The Balaban J connectivity index is 1.59. The van der Waals surface area contributed by atoms with Gasteiger partial charge in [0.25, 0.3) is 8.87 Å². The van der Waals surface area contributed by atoms with E-state index in [0.29, 0.717) is 5.52 Å². The van der Waals surface area contributed by atoms with Gasteiger partial charge in [-0.2, -0.15) is 0 Å². The molecule has 9 heteroatoms. The Morgan fingerprint density at radius 3 is 2.09 bits per heavy atom. The van der Waals surface area contributed by atoms with Crippen LogP contribution in [0.3, 0.4) is 0 Å². The van der Waals surface area contributed by atoms with Crippen LogP contribution in [0.5, 0.6) is 0 Å². The fraction of sp³-hybridized carbons (Fsp3) is 0. The highest BCUT2D eigenvalue weighted by Crippen LogP contribution is 2.43. The largest absolute Gasteiger partial charge is 0.267 e. The van der Waals surface area contributed by atoms with E-state index in [1.165, 1.54) is 22.7 Å². The Kier molecular flexibility index (Phi) is 4.06. The average molecular weight is 397 g/mol. The number of benzene rings is 2. The summed E-state index contributed by atoms with van der Waals surface area (Å²) in [7, 11) is -1.54. The van der Waals surface area contributed by atoms with Crippen LogP contribution < -0.4 is 0 Å². The minimum absolute atomic E-state index is 0.136. The van der Waals surface area contributed by atoms with Gasteiger partial charge < -0.3 is 0 Å². The second kappa shape index (κ2) is 6.06. The molecule has 0 bridgehead atoms. The van der Waals surface area contributed by atoms with Gasteiger partial charge in [0.05, 0.1) is 30.3 Å². The first-order valence-electron chi connectivity index (χ1n) is 6.44. The first-order chi connectivity index (χ1) is 11.1. The summed E-state index contributed by atoms with van der Waals surface area (Å²) in [4.78, 5) is 8.65. The number of rotatable bonds is 4. The summed E-state index contributed by atoms with van der Waals surface area (Å²) >= 11 is 2.68. The van der Waals surface area contributed by atoms with Crippen LogP contribution in [0, 0.1) is 0 Å². The van der Waals surface area contributed by atoms with Crippen LogP contribution in [-0.4, -0.2) is 18.4 Å². The predicted molar refractivity (Wildman–Crippen MR) is 99.9 cm³/mol. The van der Waals surface area contributed by atoms with Crippen molar-refractivity contribution in [2.24, 2.45) is 0 Å². The van der Waals surface area contributed by atoms with E-state index in [-0.39, 0.29) is 4.34 Å². The van der Waals surface area contributed by atoms with Crippen LogP contribution in [0.4, 0.5) is 0 Å². The summed E-state index contributed by atoms with van der Waals surface area (Å²) in [6.45, 7) is 0. The van der Waals surface area contributed by atoms with Crippen molar-refractivity contribution < 1.29 is 8.42 Å². The van der Waals surface area contributed by atoms with Gasteiger partial charge in [0, 0.05) is 0 Å². The summed E-state index contributed by atoms with van der Waals surface area (Å²) in [5.41, 5.74) is 1.60. The van der Waals surface area contributed by atoms with Crippen molar-refractivity contribution >= 4 is 72.6 Å². The quantitative estimate of drug-likeness (QED) is 0.451. The molecule has 23 heavy (non-hydrogen) atoms. The molecule has 2 aromatic carbocycles. The second-order valence-electron chi connectivity index (χ2n) is 4.50. The molecule has 4 aromatic rings. The lowest BCUT2D eigenvalue weighted by molar-refractivity contribution is 0.610. The topological polar surface area (TPSA) is 59.9 Å². The van der Waals surface area contributed by atoms with Crippen LogP contribution >= 0.6 is 43.3 Å². The molecule has 0 spiro atoms. The van der Waals surface area contributed by atoms with Crippen molar-refractivity contribution in [2.75, 3.05) is 0 Å². The maximum atomic E-state index is 12.5. The molecule has 0 atom stereocenters. The lowest BCUT2D eigenvalue weighted by atomic mass is 10.3. The molecule has 4 rings (SSSR count). The van der Waals surface area contributed by atoms with Gasteiger partial charge in [-0.15, -0.1) is 22.7 Å². The Morgan fingerprint density at radius 1 is 0.826 bits per heavy atom. The fourth-order valence-electron chi connectivity index (χ4n) is 1.95. The SMILES string of the molecule is O=S(=O)(SSc1nc2ccccc2s1)c1nc2ccccc2s1. The van der Waals surface area contributed by atoms with Gasteiger partial charge >= 0.3 is 0 Å². The molecule has 0 aliphatic carbocycles. The molecule has 0 radical (unpaired) electrons. The van der Waals surface area contributed by atoms with E-state index in [9.17, 15) is 8.42 Å². The van der Waals surface area contributed by atoms with Gasteiger partial charge in [-0.1, -0.05) is 24.3 Å². The Morgan fingerprint density at radius 2 is 1.43 bits per heavy atom. The van der Waals surface area contributed by atoms with Crippen LogP contribution in [0.15, 0.2) is 57.2 Å². The lowest BCUT2D eigenvalue weighted by Gasteiger charge is -1.96. The molecule has 0 N–H and O–H groups in total. The second-order valence-corrected chi connectivity index (χ2v) is 12.5. The number of aromatic nitrogens is 2. The number of thiazole rings is 2. The molecule has 0 saturated heterocycles. The van der Waals surface area contributed by atoms with Gasteiger partial charge in [-0.05, 0) is 35.1 Å². The standard InChI is InChI=1S/C14H8N2O2S5/c17-23(18,14-16-10-6-2-4-8-12(10)20-14)22-21-13-15-9-5-1-3-7-11(9)19-13/h1-8H. The van der Waals surface area contributed by atoms with Gasteiger partial charge in [0.15, 0.2) is 4.34 Å². The van der Waals surface area contributed by atoms with Crippen LogP contribution in [0.2, 0.25) is 0 Å². The molecule has 2 heterocycles. The molecule has 0 unspecified atom stereocenters. The zero-order valence-electron chi connectivity index (χ0n) is 11.4. The highest BCUT2D eigenvalue weighted by atomic mass is 33.5. The zero-order chi connectivity index (χ0) is 15.9. The third-order valence-electron chi connectivity index (χ3n) is 2.96. The number of hydrogen-bond donors (Lipinski definition) is 0. The maximum Gasteiger partial charge on any atom is 0.267 e. The van der Waals surface area contributed by atoms with Gasteiger partial charge in [0.1, 0.15) is 0 Å². The third-order valence-corrected chi connectivity index (χ3v) is 11.6. The zero-order valence-corrected chi connectivity index (χ0v) is 15.5. The fourth-order valence-corrected chi connectivity index (χ4v) is 9.78. The number of fused-ring (bicyclic) bond motifs is 2. The molecule has 0 aliphatic heterocycles. The summed E-state index contributed by atoms with van der Waals surface area (Å²) in [5, 5.41) is 0. The summed E-state index contributed by atoms with van der Waals surface area (Å²) in [6.07, 6.45) is 0. The molecule has 0 saturated carbocycles. The van der Waals surface area contributed by atoms with Crippen molar-refractivity contribution in [2.45, 2.75) is 8.68 Å². The molecule has 0 fully saturated rings. The Hall–Kier alpha value is -1.13. The van der Waals surface area contributed by atoms with Crippen molar-refractivity contribution in [3.8, 4) is 0 Å². The van der Waals surface area contributed by atoms with E-state index in [0.717, 1.165) is 39.9 Å². The van der Waals surface area contributed by atoms with Crippen molar-refractivity contribution in [1.29, 1.82) is 0 Å². The summed E-state index contributed by atoms with van der Waals surface area (Å²) < 4.78 is 27.7. The van der Waals surface area contributed by atoms with Crippen LogP contribution in [-0.2, 0) is 8.87 Å². The highest BCUT2D eigenvalue weighted by Gasteiger charge is 2.22.